The molecule has 27 heavy (non-hydrogen) atoms. The molecule has 2 fully saturated rings. The Balaban J connectivity index is 1.94. The van der Waals surface area contributed by atoms with Crippen LogP contribution in [0.25, 0.3) is 0 Å². The van der Waals surface area contributed by atoms with Crippen molar-refractivity contribution in [2.45, 2.75) is 42.9 Å². The number of fused-ring (bicyclic) bond motifs is 1. The fourth-order valence-electron chi connectivity index (χ4n) is 3.40. The summed E-state index contributed by atoms with van der Waals surface area (Å²) in [6, 6.07) is 3.08. The molecule has 0 saturated carbocycles. The smallest absolute Gasteiger partial charge is 0.201 e. The van der Waals surface area contributed by atoms with Gasteiger partial charge in [-0.1, -0.05) is 0 Å². The highest BCUT2D eigenvalue weighted by Gasteiger charge is 2.52. The number of ether oxygens (including phenoxy) is 5. The van der Waals surface area contributed by atoms with Gasteiger partial charge in [0.25, 0.3) is 0 Å². The molecule has 0 spiro atoms. The van der Waals surface area contributed by atoms with Crippen molar-refractivity contribution in [2.24, 2.45) is 0 Å². The molecular formula is C17H24O10. The van der Waals surface area contributed by atoms with Gasteiger partial charge in [-0.3, -0.25) is 0 Å². The maximum absolute atomic E-state index is 10.4. The quantitative estimate of drug-likeness (QED) is 0.411. The van der Waals surface area contributed by atoms with E-state index in [4.69, 9.17) is 23.7 Å². The summed E-state index contributed by atoms with van der Waals surface area (Å²) < 4.78 is 27.4. The summed E-state index contributed by atoms with van der Waals surface area (Å²) in [5.41, 5.74) is 0.360. The maximum atomic E-state index is 10.4. The number of rotatable bonds is 5. The number of methoxy groups -OCH3 is 2. The molecule has 3 rings (SSSR count). The number of aromatic hydroxyl groups is 1. The number of aliphatic hydroxyl groups excluding tert-OH is 4. The molecule has 10 nitrogen and oxygen atoms in total. The van der Waals surface area contributed by atoms with E-state index in [1.807, 2.05) is 0 Å². The minimum atomic E-state index is -1.39. The average Bonchev–Trinajstić information content (AvgIpc) is 2.69. The Morgan fingerprint density at radius 2 is 1.59 bits per heavy atom. The van der Waals surface area contributed by atoms with E-state index in [0.29, 0.717) is 5.56 Å². The summed E-state index contributed by atoms with van der Waals surface area (Å²) >= 11 is 0. The van der Waals surface area contributed by atoms with Gasteiger partial charge in [-0.25, -0.2) is 0 Å². The van der Waals surface area contributed by atoms with E-state index < -0.39 is 56.1 Å². The predicted molar refractivity (Wildman–Crippen MR) is 88.5 cm³/mol. The monoisotopic (exact) mass is 388 g/mol. The minimum Gasteiger partial charge on any atom is -0.502 e. The van der Waals surface area contributed by atoms with Gasteiger partial charge in [0.05, 0.1) is 27.4 Å². The van der Waals surface area contributed by atoms with E-state index in [0.717, 1.165) is 0 Å². The Kier molecular flexibility index (Phi) is 6.06. The number of phenolic OH excluding ortho intramolecular Hbond substituents is 1. The highest BCUT2D eigenvalue weighted by atomic mass is 16.7. The lowest BCUT2D eigenvalue weighted by Gasteiger charge is -2.48. The molecule has 1 aromatic carbocycles. The average molecular weight is 388 g/mol. The van der Waals surface area contributed by atoms with Crippen LogP contribution >= 0.6 is 0 Å². The Morgan fingerprint density at radius 1 is 0.926 bits per heavy atom. The third-order valence-electron chi connectivity index (χ3n) is 4.81. The number of benzene rings is 1. The van der Waals surface area contributed by atoms with E-state index >= 15 is 0 Å². The summed E-state index contributed by atoms with van der Waals surface area (Å²) in [5, 5.41) is 49.7. The number of hydrogen-bond acceptors (Lipinski definition) is 10. The zero-order valence-corrected chi connectivity index (χ0v) is 14.9. The topological polar surface area (TPSA) is 147 Å². The standard InChI is InChI=1S/C17H24O10/c1-23-8-4-3-7(15(24-2)12(8)21)14-10(6-19)26-17-16(27-14)13(22)11(20)9(5-18)25-17/h3-4,9-11,13-14,16-22H,5-6H2,1-2H3/t9-,10-,11-,13+,14-,16-,17+/m0/s1. The summed E-state index contributed by atoms with van der Waals surface area (Å²) in [6.07, 6.45) is -7.82. The van der Waals surface area contributed by atoms with Gasteiger partial charge in [-0.05, 0) is 12.1 Å². The van der Waals surface area contributed by atoms with E-state index in [1.54, 1.807) is 6.07 Å². The van der Waals surface area contributed by atoms with Gasteiger partial charge in [-0.15, -0.1) is 0 Å². The summed E-state index contributed by atoms with van der Waals surface area (Å²) in [7, 11) is 2.75. The van der Waals surface area contributed by atoms with Gasteiger partial charge in [0, 0.05) is 5.56 Å². The predicted octanol–water partition coefficient (Wildman–Crippen LogP) is -1.33. The highest BCUT2D eigenvalue weighted by Crippen LogP contribution is 2.46. The van der Waals surface area contributed by atoms with Crippen molar-refractivity contribution in [1.29, 1.82) is 0 Å². The number of phenols is 1. The molecule has 0 radical (unpaired) electrons. The molecule has 5 N–H and O–H groups in total. The van der Waals surface area contributed by atoms with Crippen molar-refractivity contribution < 1.29 is 49.2 Å². The highest BCUT2D eigenvalue weighted by molar-refractivity contribution is 5.55. The van der Waals surface area contributed by atoms with E-state index in [2.05, 4.69) is 0 Å². The maximum Gasteiger partial charge on any atom is 0.201 e. The number of hydrogen-bond donors (Lipinski definition) is 5. The molecule has 0 aliphatic carbocycles. The molecule has 2 aliphatic rings. The van der Waals surface area contributed by atoms with Gasteiger partial charge in [0.2, 0.25) is 5.75 Å². The van der Waals surface area contributed by atoms with Gasteiger partial charge in [-0.2, -0.15) is 0 Å². The molecule has 2 aliphatic heterocycles. The fourth-order valence-corrected chi connectivity index (χ4v) is 3.40. The zero-order valence-electron chi connectivity index (χ0n) is 14.9. The Labute approximate surface area is 155 Å². The third-order valence-corrected chi connectivity index (χ3v) is 4.81. The van der Waals surface area contributed by atoms with Crippen LogP contribution in [0.2, 0.25) is 0 Å². The SMILES string of the molecule is COc1ccc([C@@H]2O[C@@H]3[C@H](O[C@@H](CO)[C@H](O)[C@H]3O)O[C@H]2CO)c(OC)c1O. The second-order valence-electron chi connectivity index (χ2n) is 6.32. The molecule has 1 aromatic rings. The van der Waals surface area contributed by atoms with Crippen molar-refractivity contribution in [3.05, 3.63) is 17.7 Å². The van der Waals surface area contributed by atoms with Crippen LogP contribution in [0.1, 0.15) is 11.7 Å². The van der Waals surface area contributed by atoms with Crippen LogP contribution in [0, 0.1) is 0 Å². The molecular weight excluding hydrogens is 364 g/mol. The largest absolute Gasteiger partial charge is 0.502 e. The molecule has 0 amide bonds. The van der Waals surface area contributed by atoms with Crippen LogP contribution < -0.4 is 9.47 Å². The van der Waals surface area contributed by atoms with Crippen molar-refractivity contribution in [1.82, 2.24) is 0 Å². The van der Waals surface area contributed by atoms with Crippen LogP contribution in [-0.2, 0) is 14.2 Å². The second-order valence-corrected chi connectivity index (χ2v) is 6.32. The summed E-state index contributed by atoms with van der Waals surface area (Å²) in [4.78, 5) is 0. The van der Waals surface area contributed by atoms with Crippen molar-refractivity contribution in [3.8, 4) is 17.2 Å². The summed E-state index contributed by atoms with van der Waals surface area (Å²) in [5.74, 6) is 0.00795. The number of aliphatic hydroxyl groups is 4. The molecule has 7 atom stereocenters. The fraction of sp³-hybridized carbons (Fsp3) is 0.647. The van der Waals surface area contributed by atoms with Gasteiger partial charge >= 0.3 is 0 Å². The Hall–Kier alpha value is -1.66. The first-order valence-electron chi connectivity index (χ1n) is 8.44. The lowest BCUT2D eigenvalue weighted by Crippen LogP contribution is -2.63. The van der Waals surface area contributed by atoms with E-state index in [-0.39, 0.29) is 17.2 Å². The summed E-state index contributed by atoms with van der Waals surface area (Å²) in [6.45, 7) is -0.964. The lowest BCUT2D eigenvalue weighted by molar-refractivity contribution is -0.371. The molecule has 0 unspecified atom stereocenters. The molecule has 0 bridgehead atoms. The van der Waals surface area contributed by atoms with Crippen molar-refractivity contribution in [3.63, 3.8) is 0 Å². The zero-order chi connectivity index (χ0) is 19.7. The van der Waals surface area contributed by atoms with Gasteiger partial charge < -0.3 is 49.2 Å². The molecule has 10 heteroatoms. The normalized spacial score (nSPS) is 36.1. The van der Waals surface area contributed by atoms with Gasteiger partial charge in [0.15, 0.2) is 17.8 Å². The molecule has 2 heterocycles. The molecule has 0 aromatic heterocycles. The van der Waals surface area contributed by atoms with Crippen LogP contribution in [0.15, 0.2) is 12.1 Å². The van der Waals surface area contributed by atoms with Crippen LogP contribution in [0.5, 0.6) is 17.2 Å². The third kappa shape index (κ3) is 3.45. The first kappa shape index (κ1) is 20.1. The second kappa shape index (κ2) is 8.15. The Bertz CT molecular complexity index is 653. The molecule has 2 saturated heterocycles. The van der Waals surface area contributed by atoms with E-state index in [9.17, 15) is 25.5 Å². The van der Waals surface area contributed by atoms with Crippen LogP contribution in [0.3, 0.4) is 0 Å². The Morgan fingerprint density at radius 3 is 2.19 bits per heavy atom. The van der Waals surface area contributed by atoms with Crippen LogP contribution in [-0.4, -0.2) is 89.8 Å². The minimum absolute atomic E-state index is 0.0693. The lowest BCUT2D eigenvalue weighted by atomic mass is 9.95. The first-order chi connectivity index (χ1) is 13.0. The van der Waals surface area contributed by atoms with Crippen molar-refractivity contribution in [2.75, 3.05) is 27.4 Å². The van der Waals surface area contributed by atoms with Crippen LogP contribution in [0.4, 0.5) is 0 Å². The van der Waals surface area contributed by atoms with E-state index in [1.165, 1.54) is 20.3 Å². The molecule has 152 valence electrons. The van der Waals surface area contributed by atoms with Crippen molar-refractivity contribution >= 4 is 0 Å². The van der Waals surface area contributed by atoms with Gasteiger partial charge in [0.1, 0.15) is 36.6 Å². The first-order valence-corrected chi connectivity index (χ1v) is 8.44.